The number of carbonyl (C=O) groups is 1. The Kier molecular flexibility index (Phi) is 8.52. The van der Waals surface area contributed by atoms with Crippen LogP contribution in [0, 0.1) is 0 Å². The molecule has 0 heterocycles. The molecule has 0 amide bonds. The van der Waals surface area contributed by atoms with Crippen molar-refractivity contribution in [2.45, 2.75) is 39.0 Å². The summed E-state index contributed by atoms with van der Waals surface area (Å²) in [6.07, 6.45) is 7.73. The van der Waals surface area contributed by atoms with Crippen molar-refractivity contribution < 1.29 is 9.90 Å². The Labute approximate surface area is 102 Å². The number of hydrogen-bond acceptors (Lipinski definition) is 1. The summed E-state index contributed by atoms with van der Waals surface area (Å²) in [6, 6.07) is 0. The van der Waals surface area contributed by atoms with E-state index in [1.54, 1.807) is 12.8 Å². The van der Waals surface area contributed by atoms with Crippen molar-refractivity contribution in [3.8, 4) is 0 Å². The van der Waals surface area contributed by atoms with Gasteiger partial charge >= 0.3 is 81.1 Å². The normalized spacial score (nSPS) is 18.5. The van der Waals surface area contributed by atoms with Crippen molar-refractivity contribution >= 4 is 54.9 Å². The molecule has 0 atom stereocenters. The van der Waals surface area contributed by atoms with Crippen LogP contribution in [0.4, 0.5) is 0 Å². The average Bonchev–Trinajstić information content (AvgIpc) is 1.87. The third-order valence-electron chi connectivity index (χ3n) is 1.89. The van der Waals surface area contributed by atoms with Crippen molar-refractivity contribution in [1.82, 2.24) is 0 Å². The Hall–Kier alpha value is 1.11. The number of rotatable bonds is 0. The third-order valence-corrected chi connectivity index (χ3v) is 3.70. The van der Waals surface area contributed by atoms with Gasteiger partial charge in [-0.25, -0.2) is 0 Å². The fourth-order valence-electron chi connectivity index (χ4n) is 1.31. The summed E-state index contributed by atoms with van der Waals surface area (Å²) in [7, 11) is 0. The van der Waals surface area contributed by atoms with E-state index in [0.717, 1.165) is 55.9 Å². The maximum absolute atomic E-state index is 9.00. The van der Waals surface area contributed by atoms with Crippen LogP contribution in [-0.4, -0.2) is 60.0 Å². The van der Waals surface area contributed by atoms with Gasteiger partial charge in [0.1, 0.15) is 0 Å². The zero-order chi connectivity index (χ0) is 8.69. The van der Waals surface area contributed by atoms with Crippen LogP contribution in [0.2, 0.25) is 0.0125 Å². The zero-order valence-corrected chi connectivity index (χ0v) is 10.6. The summed E-state index contributed by atoms with van der Waals surface area (Å²) in [4.78, 5) is 9.00. The second-order valence-electron chi connectivity index (χ2n) is 3.26. The molecule has 1 aliphatic carbocycles. The van der Waals surface area contributed by atoms with E-state index in [1.807, 2.05) is 0 Å². The van der Waals surface area contributed by atoms with E-state index in [0.29, 0.717) is 0 Å². The molecule has 1 saturated carbocycles. The van der Waals surface area contributed by atoms with E-state index < -0.39 is 5.97 Å². The molecule has 1 fully saturated rings. The summed E-state index contributed by atoms with van der Waals surface area (Å²) in [5.74, 6) is -0.833. The molecule has 0 bridgehead atoms. The van der Waals surface area contributed by atoms with Gasteiger partial charge in [0.15, 0.2) is 0 Å². The second kappa shape index (κ2) is 7.74. The van der Waals surface area contributed by atoms with Crippen LogP contribution in [0.15, 0.2) is 0 Å². The molecule has 1 rings (SSSR count). The van der Waals surface area contributed by atoms with Crippen LogP contribution in [0.25, 0.3) is 0 Å². The first-order valence-electron chi connectivity index (χ1n) is 4.32. The molecule has 0 unspecified atom stereocenters. The first-order valence-corrected chi connectivity index (χ1v) is 6.12. The summed E-state index contributed by atoms with van der Waals surface area (Å²) in [5, 5.41) is 7.42. The van der Waals surface area contributed by atoms with Gasteiger partial charge in [-0.1, -0.05) is 0 Å². The summed E-state index contributed by atoms with van der Waals surface area (Å²) in [6.45, 7) is 1.08. The van der Waals surface area contributed by atoms with Crippen LogP contribution in [0.5, 0.6) is 0 Å². The van der Waals surface area contributed by atoms with Crippen molar-refractivity contribution in [3.05, 3.63) is 0 Å². The fraction of sp³-hybridized carbons (Fsp3) is 0.875. The number of hydrogen-bond donors (Lipinski definition) is 1. The number of carboxylic acids is 1. The monoisotopic (exact) mass is 182 g/mol. The molecule has 0 radical (unpaired) electrons. The quantitative estimate of drug-likeness (QED) is 0.582. The Bertz CT molecular complexity index is 105. The molecule has 0 aliphatic heterocycles. The Morgan fingerprint density at radius 3 is 1.91 bits per heavy atom. The van der Waals surface area contributed by atoms with Crippen LogP contribution in [0.1, 0.15) is 39.0 Å². The van der Waals surface area contributed by atoms with Crippen molar-refractivity contribution in [2.75, 3.05) is 0 Å². The van der Waals surface area contributed by atoms with Crippen molar-refractivity contribution in [3.63, 3.8) is 0 Å². The molecular formula is C8H15KO2. The minimum atomic E-state index is -0.833. The van der Waals surface area contributed by atoms with E-state index in [4.69, 9.17) is 9.90 Å². The van der Waals surface area contributed by atoms with E-state index in [2.05, 4.69) is 0 Å². The Balaban J connectivity index is 0.000000218. The molecule has 0 aromatic heterocycles. The third kappa shape index (κ3) is 11.1. The predicted octanol–water partition coefficient (Wildman–Crippen LogP) is 2.00. The molecule has 60 valence electrons. The van der Waals surface area contributed by atoms with Gasteiger partial charge in [-0.3, -0.25) is 4.79 Å². The van der Waals surface area contributed by atoms with E-state index in [-0.39, 0.29) is 0 Å². The maximum atomic E-state index is 9.00. The molecule has 0 aromatic rings. The molecule has 0 saturated heterocycles. The number of aliphatic carboxylic acids is 1. The predicted molar refractivity (Wildman–Crippen MR) is 45.9 cm³/mol. The SMILES string of the molecule is CC(=O)O.[K][CH]1CCCCC1. The van der Waals surface area contributed by atoms with Crippen LogP contribution >= 0.6 is 0 Å². The van der Waals surface area contributed by atoms with Crippen LogP contribution in [-0.2, 0) is 4.79 Å². The Morgan fingerprint density at radius 1 is 1.36 bits per heavy atom. The summed E-state index contributed by atoms with van der Waals surface area (Å²) >= 11 is 1.13. The first kappa shape index (κ1) is 12.1. The van der Waals surface area contributed by atoms with E-state index in [1.165, 1.54) is 19.3 Å². The Morgan fingerprint density at radius 2 is 1.73 bits per heavy atom. The molecule has 2 nitrogen and oxygen atoms in total. The van der Waals surface area contributed by atoms with Gasteiger partial charge in [0.25, 0.3) is 5.97 Å². The van der Waals surface area contributed by atoms with Gasteiger partial charge in [0, 0.05) is 6.92 Å². The van der Waals surface area contributed by atoms with E-state index >= 15 is 0 Å². The van der Waals surface area contributed by atoms with Gasteiger partial charge < -0.3 is 5.11 Å². The zero-order valence-electron chi connectivity index (χ0n) is 7.47. The van der Waals surface area contributed by atoms with Gasteiger partial charge in [-0.2, -0.15) is 0 Å². The first-order chi connectivity index (χ1) is 5.13. The molecule has 0 spiro atoms. The average molecular weight is 182 g/mol. The molecular weight excluding hydrogens is 167 g/mol. The van der Waals surface area contributed by atoms with E-state index in [9.17, 15) is 0 Å². The second-order valence-corrected chi connectivity index (χ2v) is 5.81. The minimum absolute atomic E-state index is 0.833. The van der Waals surface area contributed by atoms with Crippen LogP contribution < -0.4 is 0 Å². The van der Waals surface area contributed by atoms with Gasteiger partial charge in [-0.15, -0.1) is 0 Å². The molecule has 3 heteroatoms. The van der Waals surface area contributed by atoms with Gasteiger partial charge in [0.2, 0.25) is 0 Å². The molecule has 1 N–H and O–H groups in total. The summed E-state index contributed by atoms with van der Waals surface area (Å²) in [5.41, 5.74) is 0. The molecule has 0 aromatic carbocycles. The van der Waals surface area contributed by atoms with Crippen molar-refractivity contribution in [2.24, 2.45) is 0 Å². The molecule has 11 heavy (non-hydrogen) atoms. The standard InChI is InChI=1S/C6H11.C2H4O2.K/c1-2-4-6-5-3-1;1-2(3)4;/h1H,2-6H2;1H3,(H,3,4);. The summed E-state index contributed by atoms with van der Waals surface area (Å²) < 4.78 is 1.22. The topological polar surface area (TPSA) is 37.3 Å². The fourth-order valence-corrected chi connectivity index (χ4v) is 2.58. The molecule has 1 aliphatic rings. The van der Waals surface area contributed by atoms with Gasteiger partial charge in [-0.05, 0) is 0 Å². The van der Waals surface area contributed by atoms with Crippen molar-refractivity contribution in [1.29, 1.82) is 0 Å². The van der Waals surface area contributed by atoms with Gasteiger partial charge in [0.05, 0.1) is 0 Å². The van der Waals surface area contributed by atoms with Crippen LogP contribution in [0.3, 0.4) is 0 Å². The number of carboxylic acid groups (broad SMARTS) is 1.